The highest BCUT2D eigenvalue weighted by molar-refractivity contribution is 6.51. The molecule has 1 aliphatic carbocycles. The minimum absolute atomic E-state index is 0.0741. The van der Waals surface area contributed by atoms with Crippen LogP contribution >= 0.6 is 0 Å². The van der Waals surface area contributed by atoms with Crippen LogP contribution in [0.15, 0.2) is 72.4 Å². The first-order chi connectivity index (χ1) is 15.5. The quantitative estimate of drug-likeness (QED) is 0.369. The molecule has 5 heteroatoms. The van der Waals surface area contributed by atoms with E-state index in [2.05, 4.69) is 4.98 Å². The second-order valence-electron chi connectivity index (χ2n) is 8.45. The standard InChI is InChI=1S/C27H24N2O3/c1-17-9-13-21(14-10-17)29-24(22-8-4-5-15-28-22)23(26(31)27(29)32)25(30)20-12-11-18-6-2-3-7-19(18)16-20/h4-5,8-16,24,30H,2-3,6-7H2,1H3/b25-23-. The summed E-state index contributed by atoms with van der Waals surface area (Å²) in [4.78, 5) is 32.2. The largest absolute Gasteiger partial charge is 0.507 e. The van der Waals surface area contributed by atoms with Crippen molar-refractivity contribution in [1.29, 1.82) is 0 Å². The van der Waals surface area contributed by atoms with Gasteiger partial charge in [-0.1, -0.05) is 35.9 Å². The SMILES string of the molecule is Cc1ccc(N2C(=O)C(=O)/C(=C(\O)c3ccc4c(c3)CCCC4)C2c2ccccn2)cc1. The smallest absolute Gasteiger partial charge is 0.300 e. The number of hydrogen-bond donors (Lipinski definition) is 1. The number of nitrogens with zero attached hydrogens (tertiary/aromatic N) is 2. The molecule has 1 aromatic heterocycles. The minimum atomic E-state index is -0.796. The van der Waals surface area contributed by atoms with Crippen molar-refractivity contribution < 1.29 is 14.7 Å². The fourth-order valence-electron chi connectivity index (χ4n) is 4.66. The molecule has 2 aliphatic rings. The molecule has 5 nitrogen and oxygen atoms in total. The average molecular weight is 425 g/mol. The number of aromatic nitrogens is 1. The highest BCUT2D eigenvalue weighted by Gasteiger charge is 2.47. The molecular formula is C27H24N2O3. The number of fused-ring (bicyclic) bond motifs is 1. The summed E-state index contributed by atoms with van der Waals surface area (Å²) in [6.07, 6.45) is 5.89. The molecule has 1 N–H and O–H groups in total. The Morgan fingerprint density at radius 2 is 1.72 bits per heavy atom. The van der Waals surface area contributed by atoms with E-state index in [1.165, 1.54) is 22.4 Å². The highest BCUT2D eigenvalue weighted by Crippen LogP contribution is 2.41. The van der Waals surface area contributed by atoms with E-state index in [9.17, 15) is 14.7 Å². The van der Waals surface area contributed by atoms with Crippen molar-refractivity contribution in [2.45, 2.75) is 38.6 Å². The van der Waals surface area contributed by atoms with E-state index in [0.29, 0.717) is 16.9 Å². The number of rotatable bonds is 3. The van der Waals surface area contributed by atoms with E-state index in [1.54, 1.807) is 18.3 Å². The molecule has 5 rings (SSSR count). The third-order valence-electron chi connectivity index (χ3n) is 6.35. The van der Waals surface area contributed by atoms with E-state index >= 15 is 0 Å². The summed E-state index contributed by atoms with van der Waals surface area (Å²) in [5.74, 6) is -1.51. The number of amides is 1. The fourth-order valence-corrected chi connectivity index (χ4v) is 4.66. The van der Waals surface area contributed by atoms with Gasteiger partial charge in [-0.3, -0.25) is 19.5 Å². The molecule has 1 atom stereocenters. The Bertz CT molecular complexity index is 1230. The average Bonchev–Trinajstić information content (AvgIpc) is 3.10. The van der Waals surface area contributed by atoms with Gasteiger partial charge in [-0.2, -0.15) is 0 Å². The predicted molar refractivity (Wildman–Crippen MR) is 123 cm³/mol. The number of hydrogen-bond acceptors (Lipinski definition) is 4. The van der Waals surface area contributed by atoms with Gasteiger partial charge in [-0.05, 0) is 74.1 Å². The van der Waals surface area contributed by atoms with Crippen molar-refractivity contribution in [1.82, 2.24) is 4.98 Å². The lowest BCUT2D eigenvalue weighted by Gasteiger charge is -2.25. The summed E-state index contributed by atoms with van der Waals surface area (Å²) in [6.45, 7) is 1.96. The first kappa shape index (κ1) is 20.2. The fraction of sp³-hybridized carbons (Fsp3) is 0.222. The second-order valence-corrected chi connectivity index (χ2v) is 8.45. The van der Waals surface area contributed by atoms with Gasteiger partial charge in [0, 0.05) is 17.4 Å². The summed E-state index contributed by atoms with van der Waals surface area (Å²) in [6, 6.07) is 17.8. The van der Waals surface area contributed by atoms with Crippen LogP contribution in [-0.2, 0) is 22.4 Å². The van der Waals surface area contributed by atoms with Crippen molar-refractivity contribution in [3.8, 4) is 0 Å². The van der Waals surface area contributed by atoms with Gasteiger partial charge in [0.2, 0.25) is 0 Å². The van der Waals surface area contributed by atoms with Crippen LogP contribution in [0.5, 0.6) is 0 Å². The molecule has 3 aromatic rings. The third kappa shape index (κ3) is 3.40. The zero-order chi connectivity index (χ0) is 22.2. The zero-order valence-corrected chi connectivity index (χ0v) is 17.9. The maximum Gasteiger partial charge on any atom is 0.300 e. The number of carbonyl (C=O) groups is 2. The van der Waals surface area contributed by atoms with Gasteiger partial charge < -0.3 is 5.11 Å². The number of aliphatic hydroxyl groups excluding tert-OH is 1. The summed E-state index contributed by atoms with van der Waals surface area (Å²) in [7, 11) is 0. The Morgan fingerprint density at radius 3 is 2.44 bits per heavy atom. The van der Waals surface area contributed by atoms with E-state index in [0.717, 1.165) is 24.8 Å². The zero-order valence-electron chi connectivity index (χ0n) is 17.9. The molecule has 1 fully saturated rings. The molecule has 1 saturated heterocycles. The maximum absolute atomic E-state index is 13.2. The molecule has 2 heterocycles. The molecule has 0 spiro atoms. The summed E-state index contributed by atoms with van der Waals surface area (Å²) < 4.78 is 0. The first-order valence-electron chi connectivity index (χ1n) is 11.0. The van der Waals surface area contributed by atoms with Crippen molar-refractivity contribution in [2.75, 3.05) is 4.90 Å². The molecule has 32 heavy (non-hydrogen) atoms. The molecule has 0 saturated carbocycles. The molecule has 1 aliphatic heterocycles. The van der Waals surface area contributed by atoms with Gasteiger partial charge in [0.05, 0.1) is 11.3 Å². The molecule has 0 bridgehead atoms. The highest BCUT2D eigenvalue weighted by atomic mass is 16.3. The van der Waals surface area contributed by atoms with Gasteiger partial charge in [-0.25, -0.2) is 0 Å². The number of pyridine rings is 1. The van der Waals surface area contributed by atoms with Crippen LogP contribution < -0.4 is 4.90 Å². The van der Waals surface area contributed by atoms with Crippen molar-refractivity contribution in [2.24, 2.45) is 0 Å². The second kappa shape index (κ2) is 8.08. The normalized spacial score (nSPS) is 19.8. The molecule has 1 amide bonds. The van der Waals surface area contributed by atoms with E-state index in [-0.39, 0.29) is 11.3 Å². The topological polar surface area (TPSA) is 70.5 Å². The Labute approximate surface area is 187 Å². The van der Waals surface area contributed by atoms with Crippen molar-refractivity contribution >= 4 is 23.1 Å². The molecule has 0 radical (unpaired) electrons. The van der Waals surface area contributed by atoms with Gasteiger partial charge in [0.25, 0.3) is 11.7 Å². The van der Waals surface area contributed by atoms with Gasteiger partial charge >= 0.3 is 0 Å². The number of aryl methyl sites for hydroxylation is 3. The van der Waals surface area contributed by atoms with Gasteiger partial charge in [-0.15, -0.1) is 0 Å². The van der Waals surface area contributed by atoms with Crippen molar-refractivity contribution in [3.63, 3.8) is 0 Å². The van der Waals surface area contributed by atoms with Gasteiger partial charge in [0.1, 0.15) is 11.8 Å². The van der Waals surface area contributed by atoms with Crippen LogP contribution in [0.4, 0.5) is 5.69 Å². The van der Waals surface area contributed by atoms with Crippen LogP contribution in [0.2, 0.25) is 0 Å². The number of carbonyl (C=O) groups excluding carboxylic acids is 2. The summed E-state index contributed by atoms with van der Waals surface area (Å²) in [5.41, 5.74) is 5.30. The van der Waals surface area contributed by atoms with Crippen LogP contribution in [0.3, 0.4) is 0 Å². The lowest BCUT2D eigenvalue weighted by molar-refractivity contribution is -0.132. The Morgan fingerprint density at radius 1 is 0.969 bits per heavy atom. The first-order valence-corrected chi connectivity index (χ1v) is 11.0. The lowest BCUT2D eigenvalue weighted by atomic mass is 9.89. The van der Waals surface area contributed by atoms with E-state index in [1.807, 2.05) is 55.5 Å². The lowest BCUT2D eigenvalue weighted by Crippen LogP contribution is -2.29. The number of benzene rings is 2. The maximum atomic E-state index is 13.2. The minimum Gasteiger partial charge on any atom is -0.507 e. The Balaban J connectivity index is 1.68. The number of aliphatic hydroxyl groups is 1. The van der Waals surface area contributed by atoms with Gasteiger partial charge in [0.15, 0.2) is 0 Å². The molecular weight excluding hydrogens is 400 g/mol. The summed E-state index contributed by atoms with van der Waals surface area (Å²) in [5, 5.41) is 11.3. The van der Waals surface area contributed by atoms with Crippen LogP contribution in [-0.4, -0.2) is 21.8 Å². The number of anilines is 1. The molecule has 1 unspecified atom stereocenters. The summed E-state index contributed by atoms with van der Waals surface area (Å²) >= 11 is 0. The van der Waals surface area contributed by atoms with Crippen LogP contribution in [0.25, 0.3) is 5.76 Å². The third-order valence-corrected chi connectivity index (χ3v) is 6.35. The molecule has 160 valence electrons. The Hall–Kier alpha value is -3.73. The molecule has 2 aromatic carbocycles. The monoisotopic (exact) mass is 424 g/mol. The van der Waals surface area contributed by atoms with Crippen molar-refractivity contribution in [3.05, 3.63) is 100 Å². The van der Waals surface area contributed by atoms with Crippen LogP contribution in [0.1, 0.15) is 46.8 Å². The number of Topliss-reactive ketones (excluding diaryl/α,β-unsaturated/α-hetero) is 1. The Kier molecular flexibility index (Phi) is 5.10. The van der Waals surface area contributed by atoms with E-state index in [4.69, 9.17) is 0 Å². The van der Waals surface area contributed by atoms with Crippen LogP contribution in [0, 0.1) is 6.92 Å². The number of ketones is 1. The van der Waals surface area contributed by atoms with E-state index < -0.39 is 17.7 Å². The predicted octanol–water partition coefficient (Wildman–Crippen LogP) is 4.90.